The van der Waals surface area contributed by atoms with Crippen molar-refractivity contribution in [2.45, 2.75) is 26.7 Å². The van der Waals surface area contributed by atoms with Gasteiger partial charge in [-0.1, -0.05) is 13.8 Å². The summed E-state index contributed by atoms with van der Waals surface area (Å²) in [5.41, 5.74) is 1.05. The average molecular weight is 356 g/mol. The van der Waals surface area contributed by atoms with Crippen molar-refractivity contribution in [1.82, 2.24) is 9.97 Å². The van der Waals surface area contributed by atoms with Gasteiger partial charge in [-0.25, -0.2) is 9.97 Å². The third-order valence-corrected chi connectivity index (χ3v) is 3.97. The van der Waals surface area contributed by atoms with Crippen LogP contribution >= 0.6 is 0 Å². The third kappa shape index (κ3) is 4.22. The van der Waals surface area contributed by atoms with Crippen molar-refractivity contribution in [3.63, 3.8) is 0 Å². The first-order chi connectivity index (χ1) is 12.7. The smallest absolute Gasteiger partial charge is 0.258 e. The summed E-state index contributed by atoms with van der Waals surface area (Å²) >= 11 is 0. The molecule has 1 amide bonds. The van der Waals surface area contributed by atoms with E-state index >= 15 is 0 Å². The minimum Gasteiger partial charge on any atom is -0.486 e. The summed E-state index contributed by atoms with van der Waals surface area (Å²) in [7, 11) is 0. The van der Waals surface area contributed by atoms with Gasteiger partial charge >= 0.3 is 0 Å². The predicted octanol–water partition coefficient (Wildman–Crippen LogP) is 3.13. The van der Waals surface area contributed by atoms with Crippen LogP contribution in [0.15, 0.2) is 30.6 Å². The van der Waals surface area contributed by atoms with E-state index in [-0.39, 0.29) is 5.91 Å². The van der Waals surface area contributed by atoms with Crippen LogP contribution in [0.2, 0.25) is 0 Å². The number of nitrogens with zero attached hydrogens (tertiary/aromatic N) is 3. The van der Waals surface area contributed by atoms with Gasteiger partial charge in [0.15, 0.2) is 11.5 Å². The number of carbonyl (C=O) groups excluding carboxylic acids is 1. The predicted molar refractivity (Wildman–Crippen MR) is 100 cm³/mol. The van der Waals surface area contributed by atoms with Crippen LogP contribution < -0.4 is 19.7 Å². The molecule has 0 spiro atoms. The minimum absolute atomic E-state index is 0.259. The third-order valence-electron chi connectivity index (χ3n) is 3.97. The van der Waals surface area contributed by atoms with Crippen molar-refractivity contribution < 1.29 is 14.3 Å². The first-order valence-corrected chi connectivity index (χ1v) is 8.99. The van der Waals surface area contributed by atoms with Gasteiger partial charge in [0.1, 0.15) is 13.2 Å². The topological polar surface area (TPSA) is 76.6 Å². The van der Waals surface area contributed by atoms with Crippen LogP contribution in [0.3, 0.4) is 0 Å². The second-order valence-corrected chi connectivity index (χ2v) is 6.07. The Morgan fingerprint density at radius 3 is 2.38 bits per heavy atom. The Morgan fingerprint density at radius 1 is 1.08 bits per heavy atom. The summed E-state index contributed by atoms with van der Waals surface area (Å²) in [5.74, 6) is 1.72. The Morgan fingerprint density at radius 2 is 1.73 bits per heavy atom. The molecule has 1 N–H and O–H groups in total. The van der Waals surface area contributed by atoms with Crippen molar-refractivity contribution in [2.24, 2.45) is 0 Å². The lowest BCUT2D eigenvalue weighted by Gasteiger charge is -2.21. The Labute approximate surface area is 153 Å². The van der Waals surface area contributed by atoms with Gasteiger partial charge in [0.2, 0.25) is 5.95 Å². The van der Waals surface area contributed by atoms with Crippen LogP contribution in [0.5, 0.6) is 11.5 Å². The van der Waals surface area contributed by atoms with E-state index in [4.69, 9.17) is 9.47 Å². The summed E-state index contributed by atoms with van der Waals surface area (Å²) in [6.07, 6.45) is 5.17. The molecule has 2 aromatic rings. The Bertz CT molecular complexity index is 743. The molecule has 26 heavy (non-hydrogen) atoms. The normalized spacial score (nSPS) is 12.5. The summed E-state index contributed by atoms with van der Waals surface area (Å²) in [6, 6.07) is 5.33. The van der Waals surface area contributed by atoms with Crippen LogP contribution in [0.4, 0.5) is 11.6 Å². The van der Waals surface area contributed by atoms with E-state index < -0.39 is 0 Å². The summed E-state index contributed by atoms with van der Waals surface area (Å²) in [4.78, 5) is 23.3. The highest BCUT2D eigenvalue weighted by atomic mass is 16.6. The van der Waals surface area contributed by atoms with Crippen molar-refractivity contribution in [3.8, 4) is 11.5 Å². The van der Waals surface area contributed by atoms with Crippen molar-refractivity contribution in [3.05, 3.63) is 36.2 Å². The van der Waals surface area contributed by atoms with Gasteiger partial charge in [-0.15, -0.1) is 0 Å². The van der Waals surface area contributed by atoms with Crippen LogP contribution in [0, 0.1) is 0 Å². The van der Waals surface area contributed by atoms with E-state index in [9.17, 15) is 4.79 Å². The Balaban J connectivity index is 1.68. The molecule has 2 heterocycles. The molecule has 3 rings (SSSR count). The molecular weight excluding hydrogens is 332 g/mol. The SMILES string of the molecule is CCCN(CCC)c1ncc(C(=O)Nc2ccc3c(c2)OCCO3)cn1. The number of aromatic nitrogens is 2. The molecule has 0 fully saturated rings. The summed E-state index contributed by atoms with van der Waals surface area (Å²) in [5, 5.41) is 2.84. The molecular formula is C19H24N4O3. The molecule has 0 atom stereocenters. The fourth-order valence-corrected chi connectivity index (χ4v) is 2.78. The summed E-state index contributed by atoms with van der Waals surface area (Å²) in [6.45, 7) is 7.09. The van der Waals surface area contributed by atoms with E-state index in [1.165, 1.54) is 0 Å². The highest BCUT2D eigenvalue weighted by Gasteiger charge is 2.14. The van der Waals surface area contributed by atoms with E-state index in [1.807, 2.05) is 0 Å². The fraction of sp³-hybridized carbons (Fsp3) is 0.421. The molecule has 0 saturated carbocycles. The molecule has 7 heteroatoms. The van der Waals surface area contributed by atoms with Gasteiger partial charge in [0.05, 0.1) is 5.56 Å². The number of anilines is 2. The van der Waals surface area contributed by atoms with Crippen LogP contribution in [-0.2, 0) is 0 Å². The highest BCUT2D eigenvalue weighted by molar-refractivity contribution is 6.04. The molecule has 7 nitrogen and oxygen atoms in total. The monoisotopic (exact) mass is 356 g/mol. The second kappa shape index (κ2) is 8.51. The summed E-state index contributed by atoms with van der Waals surface area (Å²) < 4.78 is 11.0. The molecule has 0 aliphatic carbocycles. The lowest BCUT2D eigenvalue weighted by atomic mass is 10.2. The van der Waals surface area contributed by atoms with Crippen molar-refractivity contribution in [1.29, 1.82) is 0 Å². The molecule has 0 bridgehead atoms. The van der Waals surface area contributed by atoms with E-state index in [1.54, 1.807) is 30.6 Å². The minimum atomic E-state index is -0.259. The molecule has 0 saturated heterocycles. The van der Waals surface area contributed by atoms with Gasteiger partial charge in [0, 0.05) is 37.2 Å². The van der Waals surface area contributed by atoms with Gasteiger partial charge < -0.3 is 19.7 Å². The Hall–Kier alpha value is -2.83. The number of benzene rings is 1. The molecule has 1 aliphatic rings. The van der Waals surface area contributed by atoms with Crippen LogP contribution in [0.25, 0.3) is 0 Å². The molecule has 0 unspecified atom stereocenters. The van der Waals surface area contributed by atoms with E-state index in [2.05, 4.69) is 34.0 Å². The first-order valence-electron chi connectivity index (χ1n) is 8.99. The zero-order valence-corrected chi connectivity index (χ0v) is 15.2. The lowest BCUT2D eigenvalue weighted by Crippen LogP contribution is -2.27. The number of carbonyl (C=O) groups is 1. The number of hydrogen-bond acceptors (Lipinski definition) is 6. The van der Waals surface area contributed by atoms with Crippen molar-refractivity contribution in [2.75, 3.05) is 36.5 Å². The maximum atomic E-state index is 12.4. The second-order valence-electron chi connectivity index (χ2n) is 6.07. The van der Waals surface area contributed by atoms with Gasteiger partial charge in [-0.05, 0) is 25.0 Å². The zero-order valence-electron chi connectivity index (χ0n) is 15.2. The molecule has 138 valence electrons. The van der Waals surface area contributed by atoms with Crippen molar-refractivity contribution >= 4 is 17.5 Å². The van der Waals surface area contributed by atoms with Crippen LogP contribution in [0.1, 0.15) is 37.0 Å². The Kier molecular flexibility index (Phi) is 5.88. The fourth-order valence-electron chi connectivity index (χ4n) is 2.78. The van der Waals surface area contributed by atoms with Gasteiger partial charge in [-0.3, -0.25) is 4.79 Å². The average Bonchev–Trinajstić information content (AvgIpc) is 2.68. The maximum absolute atomic E-state index is 12.4. The van der Waals surface area contributed by atoms with E-state index in [0.29, 0.717) is 41.9 Å². The highest BCUT2D eigenvalue weighted by Crippen LogP contribution is 2.32. The standard InChI is InChI=1S/C19H24N4O3/c1-3-7-23(8-4-2)19-20-12-14(13-21-19)18(24)22-15-5-6-16-17(11-15)26-10-9-25-16/h5-6,11-13H,3-4,7-10H2,1-2H3,(H,22,24). The number of hydrogen-bond donors (Lipinski definition) is 1. The largest absolute Gasteiger partial charge is 0.486 e. The number of fused-ring (bicyclic) bond motifs is 1. The number of rotatable bonds is 7. The number of ether oxygens (including phenoxy) is 2. The molecule has 0 radical (unpaired) electrons. The van der Waals surface area contributed by atoms with Gasteiger partial charge in [-0.2, -0.15) is 0 Å². The number of amides is 1. The first kappa shape index (κ1) is 18.0. The van der Waals surface area contributed by atoms with Gasteiger partial charge in [0.25, 0.3) is 5.91 Å². The lowest BCUT2D eigenvalue weighted by molar-refractivity contribution is 0.102. The zero-order chi connectivity index (χ0) is 18.4. The molecule has 1 aromatic carbocycles. The molecule has 1 aromatic heterocycles. The molecule has 1 aliphatic heterocycles. The number of nitrogens with one attached hydrogen (secondary N) is 1. The maximum Gasteiger partial charge on any atom is 0.258 e. The quantitative estimate of drug-likeness (QED) is 0.821. The van der Waals surface area contributed by atoms with Crippen LogP contribution in [-0.4, -0.2) is 42.2 Å². The van der Waals surface area contributed by atoms with E-state index in [0.717, 1.165) is 25.9 Å².